The van der Waals surface area contributed by atoms with E-state index in [1.807, 2.05) is 11.3 Å². The molecule has 1 heterocycles. The molecule has 1 aromatic rings. The number of thiophene rings is 1. The Morgan fingerprint density at radius 2 is 2.12 bits per heavy atom. The van der Waals surface area contributed by atoms with Gasteiger partial charge in [0.2, 0.25) is 0 Å². The Morgan fingerprint density at radius 1 is 1.38 bits per heavy atom. The largest absolute Gasteiger partial charge is 0.330 e. The molecule has 0 spiro atoms. The summed E-state index contributed by atoms with van der Waals surface area (Å²) >= 11 is 1.87. The van der Waals surface area contributed by atoms with Crippen molar-refractivity contribution in [3.05, 3.63) is 21.9 Å². The number of hydrogen-bond donors (Lipinski definition) is 2. The smallest absolute Gasteiger partial charge is 0.0299 e. The number of hydrogen-bond acceptors (Lipinski definition) is 3. The molecule has 3 N–H and O–H groups in total. The fraction of sp³-hybridized carbons (Fsp3) is 0.692. The van der Waals surface area contributed by atoms with Crippen molar-refractivity contribution in [1.82, 2.24) is 5.32 Å². The van der Waals surface area contributed by atoms with Gasteiger partial charge in [0.25, 0.3) is 0 Å². The molecule has 3 heteroatoms. The Bertz CT molecular complexity index is 294. The highest BCUT2D eigenvalue weighted by molar-refractivity contribution is 7.11. The highest BCUT2D eigenvalue weighted by Crippen LogP contribution is 2.15. The lowest BCUT2D eigenvalue weighted by Gasteiger charge is -2.17. The first kappa shape index (κ1) is 13.7. The van der Waals surface area contributed by atoms with Gasteiger partial charge in [-0.05, 0) is 50.4 Å². The van der Waals surface area contributed by atoms with E-state index in [9.17, 15) is 0 Å². The van der Waals surface area contributed by atoms with E-state index in [4.69, 9.17) is 5.73 Å². The van der Waals surface area contributed by atoms with Gasteiger partial charge < -0.3 is 11.1 Å². The normalized spacial score (nSPS) is 13.3. The zero-order valence-electron chi connectivity index (χ0n) is 10.6. The Morgan fingerprint density at radius 3 is 2.62 bits per heavy atom. The predicted octanol–water partition coefficient (Wildman–Crippen LogP) is 2.77. The van der Waals surface area contributed by atoms with E-state index in [1.54, 1.807) is 0 Å². The fourth-order valence-electron chi connectivity index (χ4n) is 1.91. The van der Waals surface area contributed by atoms with Crippen molar-refractivity contribution in [1.29, 1.82) is 0 Å². The summed E-state index contributed by atoms with van der Waals surface area (Å²) in [6.45, 7) is 9.46. The molecule has 1 rings (SSSR count). The molecule has 1 aromatic heterocycles. The summed E-state index contributed by atoms with van der Waals surface area (Å²) in [5.41, 5.74) is 5.77. The average molecular weight is 240 g/mol. The molecule has 2 nitrogen and oxygen atoms in total. The first-order valence-electron chi connectivity index (χ1n) is 6.08. The maximum Gasteiger partial charge on any atom is 0.0299 e. The molecule has 92 valence electrons. The lowest BCUT2D eigenvalue weighted by atomic mass is 9.97. The van der Waals surface area contributed by atoms with Gasteiger partial charge in [-0.3, -0.25) is 0 Å². The molecule has 1 unspecified atom stereocenters. The minimum atomic E-state index is 0.612. The SMILES string of the molecule is Cc1ccc(CNCC(CN)CC(C)C)s1. The maximum atomic E-state index is 5.77. The van der Waals surface area contributed by atoms with Gasteiger partial charge in [0.05, 0.1) is 0 Å². The summed E-state index contributed by atoms with van der Waals surface area (Å²) in [5, 5.41) is 3.50. The number of nitrogens with two attached hydrogens (primary N) is 1. The number of rotatable bonds is 7. The third-order valence-corrected chi connectivity index (χ3v) is 3.67. The first-order valence-corrected chi connectivity index (χ1v) is 6.89. The number of aryl methyl sites for hydroxylation is 1. The van der Waals surface area contributed by atoms with E-state index in [1.165, 1.54) is 16.2 Å². The van der Waals surface area contributed by atoms with E-state index in [-0.39, 0.29) is 0 Å². The molecule has 16 heavy (non-hydrogen) atoms. The molecule has 0 aromatic carbocycles. The van der Waals surface area contributed by atoms with Crippen LogP contribution in [0, 0.1) is 18.8 Å². The Kier molecular flexibility index (Phi) is 6.03. The molecule has 1 atom stereocenters. The first-order chi connectivity index (χ1) is 7.61. The van der Waals surface area contributed by atoms with Crippen LogP contribution in [0.1, 0.15) is 30.0 Å². The van der Waals surface area contributed by atoms with Gasteiger partial charge >= 0.3 is 0 Å². The molecule has 0 aliphatic rings. The summed E-state index contributed by atoms with van der Waals surface area (Å²) in [6, 6.07) is 4.38. The van der Waals surface area contributed by atoms with Crippen molar-refractivity contribution < 1.29 is 0 Å². The summed E-state index contributed by atoms with van der Waals surface area (Å²) in [7, 11) is 0. The van der Waals surface area contributed by atoms with Crippen LogP contribution >= 0.6 is 11.3 Å². The van der Waals surface area contributed by atoms with Crippen LogP contribution in [0.15, 0.2) is 12.1 Å². The second kappa shape index (κ2) is 7.05. The van der Waals surface area contributed by atoms with Crippen molar-refractivity contribution in [2.24, 2.45) is 17.6 Å². The van der Waals surface area contributed by atoms with E-state index in [0.29, 0.717) is 5.92 Å². The topological polar surface area (TPSA) is 38.0 Å². The van der Waals surface area contributed by atoms with Crippen molar-refractivity contribution in [2.75, 3.05) is 13.1 Å². The van der Waals surface area contributed by atoms with Gasteiger partial charge in [-0.1, -0.05) is 13.8 Å². The molecule has 0 saturated carbocycles. The van der Waals surface area contributed by atoms with Crippen LogP contribution in [0.2, 0.25) is 0 Å². The zero-order chi connectivity index (χ0) is 12.0. The zero-order valence-corrected chi connectivity index (χ0v) is 11.4. The van der Waals surface area contributed by atoms with E-state index in [2.05, 4.69) is 38.2 Å². The molecule has 0 aliphatic carbocycles. The lowest BCUT2D eigenvalue weighted by molar-refractivity contribution is 0.394. The fourth-order valence-corrected chi connectivity index (χ4v) is 2.77. The minimum Gasteiger partial charge on any atom is -0.330 e. The van der Waals surface area contributed by atoms with Crippen molar-refractivity contribution in [3.8, 4) is 0 Å². The molecule has 0 saturated heterocycles. The second-order valence-electron chi connectivity index (χ2n) is 4.87. The van der Waals surface area contributed by atoms with Crippen LogP contribution in [0.25, 0.3) is 0 Å². The van der Waals surface area contributed by atoms with Gasteiger partial charge in [0.15, 0.2) is 0 Å². The summed E-state index contributed by atoms with van der Waals surface area (Å²) < 4.78 is 0. The second-order valence-corrected chi connectivity index (χ2v) is 6.25. The van der Waals surface area contributed by atoms with Crippen LogP contribution in [0.3, 0.4) is 0 Å². The van der Waals surface area contributed by atoms with Crippen molar-refractivity contribution >= 4 is 11.3 Å². The van der Waals surface area contributed by atoms with Crippen LogP contribution in [0.5, 0.6) is 0 Å². The molecule has 0 bridgehead atoms. The predicted molar refractivity (Wildman–Crippen MR) is 72.8 cm³/mol. The molecular formula is C13H24N2S. The van der Waals surface area contributed by atoms with Gasteiger partial charge in [-0.25, -0.2) is 0 Å². The van der Waals surface area contributed by atoms with Gasteiger partial charge in [-0.2, -0.15) is 0 Å². The Labute approximate surface area is 103 Å². The lowest BCUT2D eigenvalue weighted by Crippen LogP contribution is -2.28. The summed E-state index contributed by atoms with van der Waals surface area (Å²) in [4.78, 5) is 2.80. The van der Waals surface area contributed by atoms with Crippen molar-refractivity contribution in [3.63, 3.8) is 0 Å². The van der Waals surface area contributed by atoms with E-state index >= 15 is 0 Å². The standard InChI is InChI=1S/C13H24N2S/c1-10(2)6-12(7-14)8-15-9-13-5-4-11(3)16-13/h4-5,10,12,15H,6-9,14H2,1-3H3. The van der Waals surface area contributed by atoms with E-state index < -0.39 is 0 Å². The Balaban J connectivity index is 2.23. The van der Waals surface area contributed by atoms with Crippen LogP contribution < -0.4 is 11.1 Å². The quantitative estimate of drug-likeness (QED) is 0.769. The molecular weight excluding hydrogens is 216 g/mol. The highest BCUT2D eigenvalue weighted by atomic mass is 32.1. The summed E-state index contributed by atoms with van der Waals surface area (Å²) in [5.74, 6) is 1.35. The average Bonchev–Trinajstić information content (AvgIpc) is 2.62. The monoisotopic (exact) mass is 240 g/mol. The molecule has 0 aliphatic heterocycles. The molecule has 0 fully saturated rings. The maximum absolute atomic E-state index is 5.77. The highest BCUT2D eigenvalue weighted by Gasteiger charge is 2.08. The minimum absolute atomic E-state index is 0.612. The van der Waals surface area contributed by atoms with Crippen LogP contribution in [0.4, 0.5) is 0 Å². The number of nitrogens with one attached hydrogen (secondary N) is 1. The molecule has 0 radical (unpaired) electrons. The molecule has 0 amide bonds. The van der Waals surface area contributed by atoms with Crippen LogP contribution in [-0.2, 0) is 6.54 Å². The van der Waals surface area contributed by atoms with Crippen molar-refractivity contribution in [2.45, 2.75) is 33.7 Å². The third kappa shape index (κ3) is 5.10. The van der Waals surface area contributed by atoms with Gasteiger partial charge in [0, 0.05) is 16.3 Å². The third-order valence-electron chi connectivity index (χ3n) is 2.67. The summed E-state index contributed by atoms with van der Waals surface area (Å²) in [6.07, 6.45) is 1.22. The Hall–Kier alpha value is -0.380. The van der Waals surface area contributed by atoms with Crippen LogP contribution in [-0.4, -0.2) is 13.1 Å². The van der Waals surface area contributed by atoms with Gasteiger partial charge in [0.1, 0.15) is 0 Å². The van der Waals surface area contributed by atoms with E-state index in [0.717, 1.165) is 25.6 Å². The van der Waals surface area contributed by atoms with Gasteiger partial charge in [-0.15, -0.1) is 11.3 Å².